The molecule has 2 atom stereocenters. The number of nitrogens with two attached hydrogens (primary N) is 1. The highest BCUT2D eigenvalue weighted by Gasteiger charge is 2.26. The van der Waals surface area contributed by atoms with Crippen molar-refractivity contribution in [1.29, 1.82) is 0 Å². The zero-order valence-electron chi connectivity index (χ0n) is 15.9. The number of hydrogen-bond acceptors (Lipinski definition) is 6. The highest BCUT2D eigenvalue weighted by Crippen LogP contribution is 2.22. The fourth-order valence-electron chi connectivity index (χ4n) is 3.28. The van der Waals surface area contributed by atoms with Crippen LogP contribution in [0.2, 0.25) is 5.02 Å². The molecule has 1 aliphatic rings. The summed E-state index contributed by atoms with van der Waals surface area (Å²) in [6.07, 6.45) is 0.208. The molecule has 1 saturated heterocycles. The summed E-state index contributed by atoms with van der Waals surface area (Å²) >= 11 is 5.88. The second kappa shape index (κ2) is 9.77. The zero-order chi connectivity index (χ0) is 20.9. The zero-order valence-corrected chi connectivity index (χ0v) is 17.5. The SMILES string of the molecule is NS(=O)(=O)Cc1ccccc1OC[C@H](O)CN1CCC(Oc2ccc(Cl)cc2)C1. The van der Waals surface area contributed by atoms with Gasteiger partial charge >= 0.3 is 0 Å². The van der Waals surface area contributed by atoms with Crippen LogP contribution in [0.25, 0.3) is 0 Å². The quantitative estimate of drug-likeness (QED) is 0.618. The Bertz CT molecular complexity index is 907. The molecule has 1 heterocycles. The van der Waals surface area contributed by atoms with Gasteiger partial charge in [0.15, 0.2) is 0 Å². The third kappa shape index (κ3) is 7.17. The molecule has 158 valence electrons. The number of rotatable bonds is 9. The van der Waals surface area contributed by atoms with Crippen LogP contribution in [-0.2, 0) is 15.8 Å². The van der Waals surface area contributed by atoms with Crippen LogP contribution in [0, 0.1) is 0 Å². The van der Waals surface area contributed by atoms with E-state index in [9.17, 15) is 13.5 Å². The number of benzene rings is 2. The average Bonchev–Trinajstić information content (AvgIpc) is 3.08. The van der Waals surface area contributed by atoms with Crippen molar-refractivity contribution in [3.8, 4) is 11.5 Å². The number of hydrogen-bond donors (Lipinski definition) is 2. The lowest BCUT2D eigenvalue weighted by Crippen LogP contribution is -2.35. The molecule has 1 aliphatic heterocycles. The average molecular weight is 441 g/mol. The van der Waals surface area contributed by atoms with Crippen LogP contribution < -0.4 is 14.6 Å². The first-order valence-electron chi connectivity index (χ1n) is 9.32. The van der Waals surface area contributed by atoms with E-state index >= 15 is 0 Å². The van der Waals surface area contributed by atoms with Crippen molar-refractivity contribution in [3.63, 3.8) is 0 Å². The van der Waals surface area contributed by atoms with Crippen molar-refractivity contribution in [1.82, 2.24) is 4.90 Å². The number of likely N-dealkylation sites (tertiary alicyclic amines) is 1. The van der Waals surface area contributed by atoms with E-state index in [1.54, 1.807) is 36.4 Å². The number of para-hydroxylation sites is 1. The molecule has 0 saturated carbocycles. The molecule has 3 rings (SSSR count). The molecule has 0 bridgehead atoms. The molecule has 7 nitrogen and oxygen atoms in total. The van der Waals surface area contributed by atoms with Gasteiger partial charge in [-0.05, 0) is 36.8 Å². The molecule has 2 aromatic carbocycles. The summed E-state index contributed by atoms with van der Waals surface area (Å²) in [6.45, 7) is 2.03. The number of nitrogens with zero attached hydrogens (tertiary/aromatic N) is 1. The Hall–Kier alpha value is -1.84. The second-order valence-corrected chi connectivity index (χ2v) is 9.17. The summed E-state index contributed by atoms with van der Waals surface area (Å²) in [5.41, 5.74) is 0.472. The molecule has 0 spiro atoms. The first-order chi connectivity index (χ1) is 13.8. The molecule has 9 heteroatoms. The van der Waals surface area contributed by atoms with E-state index in [2.05, 4.69) is 4.90 Å². The minimum absolute atomic E-state index is 0.0554. The topological polar surface area (TPSA) is 102 Å². The maximum absolute atomic E-state index is 11.3. The molecule has 0 amide bonds. The van der Waals surface area contributed by atoms with E-state index in [0.717, 1.165) is 18.7 Å². The first kappa shape index (κ1) is 21.9. The van der Waals surface area contributed by atoms with Crippen LogP contribution in [0.4, 0.5) is 0 Å². The van der Waals surface area contributed by atoms with Gasteiger partial charge in [0, 0.05) is 30.2 Å². The summed E-state index contributed by atoms with van der Waals surface area (Å²) < 4.78 is 34.3. The lowest BCUT2D eigenvalue weighted by molar-refractivity contribution is 0.0717. The standard InChI is InChI=1S/C20H25ClN2O5S/c21-16-5-7-18(8-6-16)28-19-9-10-23(12-19)11-17(24)13-27-20-4-2-1-3-15(20)14-29(22,25)26/h1-8,17,19,24H,9-14H2,(H2,22,25,26)/t17-,19?/m1/s1. The smallest absolute Gasteiger partial charge is 0.213 e. The first-order valence-corrected chi connectivity index (χ1v) is 11.4. The van der Waals surface area contributed by atoms with Crippen molar-refractivity contribution in [2.24, 2.45) is 5.14 Å². The number of β-amino-alcohol motifs (C(OH)–C–C–N with tert-alkyl or cyclic N) is 1. The van der Waals surface area contributed by atoms with Crippen molar-refractivity contribution in [2.45, 2.75) is 24.4 Å². The van der Waals surface area contributed by atoms with Crippen molar-refractivity contribution < 1.29 is 23.0 Å². The van der Waals surface area contributed by atoms with Crippen molar-refractivity contribution in [2.75, 3.05) is 26.2 Å². The fourth-order valence-corrected chi connectivity index (χ4v) is 4.08. The molecule has 0 aromatic heterocycles. The van der Waals surface area contributed by atoms with E-state index in [4.69, 9.17) is 26.2 Å². The van der Waals surface area contributed by atoms with Gasteiger partial charge in [0.2, 0.25) is 10.0 Å². The van der Waals surface area contributed by atoms with E-state index in [0.29, 0.717) is 29.4 Å². The van der Waals surface area contributed by atoms with Gasteiger partial charge in [-0.25, -0.2) is 13.6 Å². The van der Waals surface area contributed by atoms with Gasteiger partial charge in [-0.2, -0.15) is 0 Å². The van der Waals surface area contributed by atoms with Gasteiger partial charge < -0.3 is 14.6 Å². The molecule has 1 fully saturated rings. The normalized spacial score (nSPS) is 18.5. The Balaban J connectivity index is 1.46. The maximum Gasteiger partial charge on any atom is 0.213 e. The third-order valence-corrected chi connectivity index (χ3v) is 5.54. The number of primary sulfonamides is 1. The number of ether oxygens (including phenoxy) is 2. The van der Waals surface area contributed by atoms with Crippen molar-refractivity contribution >= 4 is 21.6 Å². The fraction of sp³-hybridized carbons (Fsp3) is 0.400. The Morgan fingerprint density at radius 2 is 1.93 bits per heavy atom. The number of sulfonamides is 1. The summed E-state index contributed by atoms with van der Waals surface area (Å²) in [7, 11) is -3.66. The summed E-state index contributed by atoms with van der Waals surface area (Å²) in [5.74, 6) is 0.873. The Morgan fingerprint density at radius 1 is 1.21 bits per heavy atom. The molecule has 3 N–H and O–H groups in total. The summed E-state index contributed by atoms with van der Waals surface area (Å²) in [6, 6.07) is 14.0. The molecular weight excluding hydrogens is 416 g/mol. The van der Waals surface area contributed by atoms with Crippen LogP contribution in [0.1, 0.15) is 12.0 Å². The minimum Gasteiger partial charge on any atom is -0.491 e. The predicted molar refractivity (Wildman–Crippen MR) is 112 cm³/mol. The van der Waals surface area contributed by atoms with Crippen LogP contribution in [0.3, 0.4) is 0 Å². The summed E-state index contributed by atoms with van der Waals surface area (Å²) in [4.78, 5) is 2.12. The van der Waals surface area contributed by atoms with Gasteiger partial charge in [-0.1, -0.05) is 29.8 Å². The predicted octanol–water partition coefficient (Wildman–Crippen LogP) is 2.02. The van der Waals surface area contributed by atoms with Gasteiger partial charge in [0.05, 0.1) is 5.75 Å². The van der Waals surface area contributed by atoms with Gasteiger partial charge in [-0.15, -0.1) is 0 Å². The van der Waals surface area contributed by atoms with E-state index in [-0.39, 0.29) is 18.5 Å². The lowest BCUT2D eigenvalue weighted by Gasteiger charge is -2.21. The largest absolute Gasteiger partial charge is 0.491 e. The number of aliphatic hydroxyl groups is 1. The van der Waals surface area contributed by atoms with Gasteiger partial charge in [0.1, 0.15) is 30.3 Å². The molecule has 0 aliphatic carbocycles. The van der Waals surface area contributed by atoms with E-state index in [1.165, 1.54) is 0 Å². The van der Waals surface area contributed by atoms with Crippen LogP contribution >= 0.6 is 11.6 Å². The Morgan fingerprint density at radius 3 is 2.66 bits per heavy atom. The molecule has 29 heavy (non-hydrogen) atoms. The van der Waals surface area contributed by atoms with Crippen LogP contribution in [-0.4, -0.2) is 56.9 Å². The highest BCUT2D eigenvalue weighted by molar-refractivity contribution is 7.88. The molecular formula is C20H25ClN2O5S. The molecule has 1 unspecified atom stereocenters. The van der Waals surface area contributed by atoms with Crippen molar-refractivity contribution in [3.05, 3.63) is 59.1 Å². The monoisotopic (exact) mass is 440 g/mol. The lowest BCUT2D eigenvalue weighted by atomic mass is 10.2. The summed E-state index contributed by atoms with van der Waals surface area (Å²) in [5, 5.41) is 16.1. The number of aliphatic hydroxyl groups excluding tert-OH is 1. The second-order valence-electron chi connectivity index (χ2n) is 7.12. The Labute approximate surface area is 176 Å². The highest BCUT2D eigenvalue weighted by atomic mass is 35.5. The van der Waals surface area contributed by atoms with E-state index in [1.807, 2.05) is 12.1 Å². The molecule has 0 radical (unpaired) electrons. The van der Waals surface area contributed by atoms with E-state index < -0.39 is 16.1 Å². The number of halogens is 1. The minimum atomic E-state index is -3.66. The van der Waals surface area contributed by atoms with Gasteiger partial charge in [-0.3, -0.25) is 4.90 Å². The van der Waals surface area contributed by atoms with Crippen LogP contribution in [0.15, 0.2) is 48.5 Å². The van der Waals surface area contributed by atoms with Crippen LogP contribution in [0.5, 0.6) is 11.5 Å². The third-order valence-electron chi connectivity index (χ3n) is 4.57. The Kier molecular flexibility index (Phi) is 7.37. The molecule has 2 aromatic rings. The van der Waals surface area contributed by atoms with Gasteiger partial charge in [0.25, 0.3) is 0 Å². The maximum atomic E-state index is 11.3.